The lowest BCUT2D eigenvalue weighted by Gasteiger charge is -2.27. The van der Waals surface area contributed by atoms with Crippen LogP contribution in [0, 0.1) is 6.92 Å². The number of thioether (sulfide) groups is 1. The highest BCUT2D eigenvalue weighted by Crippen LogP contribution is 2.38. The minimum Gasteiger partial charge on any atom is -0.538 e. The second kappa shape index (κ2) is 11.4. The van der Waals surface area contributed by atoms with Gasteiger partial charge in [-0.2, -0.15) is 0 Å². The third kappa shape index (κ3) is 5.59. The maximum absolute atomic E-state index is 12.9. The molecule has 1 aliphatic heterocycles. The van der Waals surface area contributed by atoms with E-state index in [0.29, 0.717) is 29.2 Å². The number of amides is 1. The minimum atomic E-state index is -0.622. The Hall–Kier alpha value is -3.67. The van der Waals surface area contributed by atoms with Gasteiger partial charge in [-0.3, -0.25) is 9.69 Å². The first-order valence-electron chi connectivity index (χ1n) is 12.0. The average Bonchev–Trinajstić information content (AvgIpc) is 3.47. The average molecular weight is 551 g/mol. The van der Waals surface area contributed by atoms with Crippen molar-refractivity contribution >= 4 is 40.0 Å². The lowest BCUT2D eigenvalue weighted by Crippen LogP contribution is -2.35. The van der Waals surface area contributed by atoms with Gasteiger partial charge in [0.25, 0.3) is 5.03 Å². The fraction of sp³-hybridized carbons (Fsp3) is 0.259. The summed E-state index contributed by atoms with van der Waals surface area (Å²) < 4.78 is 11.3. The zero-order valence-electron chi connectivity index (χ0n) is 20.9. The van der Waals surface area contributed by atoms with Gasteiger partial charge in [0, 0.05) is 36.6 Å². The summed E-state index contributed by atoms with van der Waals surface area (Å²) in [7, 11) is 1.34. The van der Waals surface area contributed by atoms with Crippen molar-refractivity contribution in [3.05, 3.63) is 81.7 Å². The summed E-state index contributed by atoms with van der Waals surface area (Å²) in [5.41, 5.74) is 4.28. The van der Waals surface area contributed by atoms with E-state index in [2.05, 4.69) is 27.6 Å². The molecule has 38 heavy (non-hydrogen) atoms. The number of nitrogens with zero attached hydrogens (tertiary/aromatic N) is 3. The number of nitrogens with one attached hydrogen (secondary N) is 1. The van der Waals surface area contributed by atoms with Crippen LogP contribution in [0.15, 0.2) is 64.1 Å². The van der Waals surface area contributed by atoms with Crippen LogP contribution < -0.4 is 15.1 Å². The van der Waals surface area contributed by atoms with Crippen LogP contribution in [-0.4, -0.2) is 41.5 Å². The molecule has 0 saturated heterocycles. The fourth-order valence-corrected chi connectivity index (χ4v) is 6.40. The molecule has 5 rings (SSSR count). The zero-order chi connectivity index (χ0) is 26.6. The second-order valence-electron chi connectivity index (χ2n) is 8.90. The first-order chi connectivity index (χ1) is 18.4. The first-order valence-corrected chi connectivity index (χ1v) is 13.8. The lowest BCUT2D eigenvalue weighted by molar-refractivity contribution is -0.705. The SMILES string of the molecule is COC(=O)c1c(NC(=O)CSc2c([O-])on[n+]2-c2ccc(C)cc2)sc2c1CCN(Cc1ccccc1)C2. The van der Waals surface area contributed by atoms with E-state index in [1.165, 1.54) is 28.7 Å². The van der Waals surface area contributed by atoms with Gasteiger partial charge in [0.15, 0.2) is 5.95 Å². The number of hydrogen-bond donors (Lipinski definition) is 1. The molecule has 0 unspecified atom stereocenters. The number of rotatable bonds is 8. The van der Waals surface area contributed by atoms with Crippen molar-refractivity contribution in [3.63, 3.8) is 0 Å². The molecule has 0 aliphatic carbocycles. The molecule has 2 aromatic carbocycles. The van der Waals surface area contributed by atoms with Crippen LogP contribution in [0.1, 0.15) is 31.9 Å². The van der Waals surface area contributed by atoms with Crippen molar-refractivity contribution < 1.29 is 28.6 Å². The van der Waals surface area contributed by atoms with Crippen molar-refractivity contribution in [2.75, 3.05) is 24.7 Å². The molecule has 4 aromatic rings. The summed E-state index contributed by atoms with van der Waals surface area (Å²) in [6.07, 6.45) is 0.685. The molecule has 11 heteroatoms. The van der Waals surface area contributed by atoms with Crippen molar-refractivity contribution in [3.8, 4) is 11.6 Å². The molecule has 0 spiro atoms. The van der Waals surface area contributed by atoms with Gasteiger partial charge >= 0.3 is 5.97 Å². The van der Waals surface area contributed by atoms with Crippen LogP contribution >= 0.6 is 23.1 Å². The highest BCUT2D eigenvalue weighted by Gasteiger charge is 2.30. The summed E-state index contributed by atoms with van der Waals surface area (Å²) in [5.74, 6) is -1.51. The number of aryl methyl sites for hydroxylation is 1. The topological polar surface area (TPSA) is 112 Å². The second-order valence-corrected chi connectivity index (χ2v) is 11.0. The third-order valence-electron chi connectivity index (χ3n) is 6.22. The van der Waals surface area contributed by atoms with E-state index in [1.807, 2.05) is 49.4 Å². The smallest absolute Gasteiger partial charge is 0.341 e. The molecular formula is C27H26N4O5S2. The lowest BCUT2D eigenvalue weighted by atomic mass is 10.0. The summed E-state index contributed by atoms with van der Waals surface area (Å²) in [6, 6.07) is 17.7. The molecule has 9 nitrogen and oxygen atoms in total. The van der Waals surface area contributed by atoms with E-state index in [-0.39, 0.29) is 16.7 Å². The van der Waals surface area contributed by atoms with E-state index in [4.69, 9.17) is 9.26 Å². The van der Waals surface area contributed by atoms with Gasteiger partial charge in [-0.25, -0.2) is 4.79 Å². The van der Waals surface area contributed by atoms with Crippen LogP contribution in [0.3, 0.4) is 0 Å². The standard InChI is InChI=1S/C27H26N4O5S2/c1-17-8-10-19(11-9-17)31-25(27(34)36-29-31)37-16-22(32)28-24-23(26(33)35-2)20-12-13-30(15-21(20)38-24)14-18-6-4-3-5-7-18/h3-11H,12-16H2,1-2H3,(H-,28,29,32,33,34). The number of thiophene rings is 1. The van der Waals surface area contributed by atoms with E-state index < -0.39 is 11.9 Å². The number of ether oxygens (including phenoxy) is 1. The normalized spacial score (nSPS) is 13.2. The molecule has 0 saturated carbocycles. The number of esters is 1. The van der Waals surface area contributed by atoms with E-state index in [9.17, 15) is 14.7 Å². The monoisotopic (exact) mass is 550 g/mol. The number of benzene rings is 2. The van der Waals surface area contributed by atoms with Gasteiger partial charge in [0.1, 0.15) is 5.00 Å². The van der Waals surface area contributed by atoms with Crippen molar-refractivity contribution in [1.29, 1.82) is 0 Å². The summed E-state index contributed by atoms with van der Waals surface area (Å²) in [5, 5.41) is 19.6. The number of carbonyl (C=O) groups excluding carboxylic acids is 2. The largest absolute Gasteiger partial charge is 0.538 e. The Morgan fingerprint density at radius 2 is 1.97 bits per heavy atom. The van der Waals surface area contributed by atoms with Gasteiger partial charge in [0.2, 0.25) is 11.6 Å². The van der Waals surface area contributed by atoms with Crippen LogP contribution in [0.25, 0.3) is 5.69 Å². The first kappa shape index (κ1) is 26.0. The molecule has 0 atom stereocenters. The number of anilines is 1. The van der Waals surface area contributed by atoms with Crippen molar-refractivity contribution in [2.45, 2.75) is 31.5 Å². The van der Waals surface area contributed by atoms with Gasteiger partial charge in [-0.15, -0.1) is 11.3 Å². The summed E-state index contributed by atoms with van der Waals surface area (Å²) in [6.45, 7) is 4.24. The van der Waals surface area contributed by atoms with Crippen LogP contribution in [0.5, 0.6) is 5.95 Å². The van der Waals surface area contributed by atoms with E-state index in [1.54, 1.807) is 0 Å². The van der Waals surface area contributed by atoms with Gasteiger partial charge < -0.3 is 19.7 Å². The van der Waals surface area contributed by atoms with Gasteiger partial charge in [0.05, 0.1) is 23.7 Å². The Kier molecular flexibility index (Phi) is 7.77. The van der Waals surface area contributed by atoms with E-state index in [0.717, 1.165) is 40.9 Å². The van der Waals surface area contributed by atoms with Gasteiger partial charge in [-0.1, -0.05) is 48.0 Å². The molecule has 0 fully saturated rings. The molecule has 0 bridgehead atoms. The van der Waals surface area contributed by atoms with Crippen molar-refractivity contribution in [1.82, 2.24) is 10.2 Å². The Morgan fingerprint density at radius 3 is 2.71 bits per heavy atom. The number of methoxy groups -OCH3 is 1. The Morgan fingerprint density at radius 1 is 1.21 bits per heavy atom. The maximum atomic E-state index is 12.9. The highest BCUT2D eigenvalue weighted by molar-refractivity contribution is 7.99. The third-order valence-corrected chi connectivity index (χ3v) is 8.37. The number of carbonyl (C=O) groups is 2. The quantitative estimate of drug-likeness (QED) is 0.202. The van der Waals surface area contributed by atoms with Crippen LogP contribution in [-0.2, 0) is 29.0 Å². The molecule has 1 N–H and O–H groups in total. The molecule has 196 valence electrons. The summed E-state index contributed by atoms with van der Waals surface area (Å²) in [4.78, 5) is 29.0. The van der Waals surface area contributed by atoms with Crippen LogP contribution in [0.2, 0.25) is 0 Å². The Balaban J connectivity index is 1.30. The maximum Gasteiger partial charge on any atom is 0.341 e. The Labute approximate surface area is 228 Å². The van der Waals surface area contributed by atoms with Gasteiger partial charge in [-0.05, 0) is 40.9 Å². The number of aromatic nitrogens is 2. The zero-order valence-corrected chi connectivity index (χ0v) is 22.6. The fourth-order valence-electron chi connectivity index (χ4n) is 4.35. The molecule has 1 amide bonds. The highest BCUT2D eigenvalue weighted by atomic mass is 32.2. The predicted molar refractivity (Wildman–Crippen MR) is 141 cm³/mol. The van der Waals surface area contributed by atoms with Crippen molar-refractivity contribution in [2.24, 2.45) is 0 Å². The van der Waals surface area contributed by atoms with E-state index >= 15 is 0 Å². The number of fused-ring (bicyclic) bond motifs is 1. The number of hydrogen-bond acceptors (Lipinski definition) is 9. The molecule has 2 aromatic heterocycles. The molecular weight excluding hydrogens is 524 g/mol. The predicted octanol–water partition coefficient (Wildman–Crippen LogP) is 3.47. The molecule has 1 aliphatic rings. The summed E-state index contributed by atoms with van der Waals surface area (Å²) >= 11 is 2.42. The molecule has 3 heterocycles. The van der Waals surface area contributed by atoms with Crippen LogP contribution in [0.4, 0.5) is 5.00 Å². The Bertz CT molecular complexity index is 1450. The minimum absolute atomic E-state index is 0.0639. The molecule has 0 radical (unpaired) electrons.